The number of carbonyl (C=O) groups is 1. The first-order chi connectivity index (χ1) is 12.3. The van der Waals surface area contributed by atoms with Crippen molar-refractivity contribution >= 4 is 17.3 Å². The Morgan fingerprint density at radius 2 is 1.68 bits per heavy atom. The molecule has 1 amide bonds. The summed E-state index contributed by atoms with van der Waals surface area (Å²) in [7, 11) is 0. The molecule has 0 aliphatic carbocycles. The Hall–Kier alpha value is -2.49. The number of rotatable bonds is 7. The van der Waals surface area contributed by atoms with Crippen molar-refractivity contribution in [2.24, 2.45) is 0 Å². The first-order valence-corrected chi connectivity index (χ1v) is 9.14. The van der Waals surface area contributed by atoms with Crippen LogP contribution in [0.5, 0.6) is 5.75 Å². The molecule has 0 radical (unpaired) electrons. The molecule has 1 aliphatic rings. The zero-order chi connectivity index (χ0) is 17.3. The van der Waals surface area contributed by atoms with Crippen molar-refractivity contribution in [3.8, 4) is 5.75 Å². The summed E-state index contributed by atoms with van der Waals surface area (Å²) in [6.45, 7) is 2.81. The Labute approximate surface area is 149 Å². The van der Waals surface area contributed by atoms with Crippen LogP contribution in [0.25, 0.3) is 0 Å². The monoisotopic (exact) mass is 338 g/mol. The Morgan fingerprint density at radius 1 is 0.960 bits per heavy atom. The summed E-state index contributed by atoms with van der Waals surface area (Å²) in [6.07, 6.45) is 5.03. The fourth-order valence-corrected chi connectivity index (χ4v) is 3.07. The predicted molar refractivity (Wildman–Crippen MR) is 102 cm³/mol. The number of amides is 1. The van der Waals surface area contributed by atoms with E-state index in [1.54, 1.807) is 0 Å². The van der Waals surface area contributed by atoms with Crippen molar-refractivity contribution < 1.29 is 9.53 Å². The van der Waals surface area contributed by atoms with Crippen LogP contribution in [0.15, 0.2) is 54.6 Å². The molecule has 1 fully saturated rings. The molecule has 0 atom stereocenters. The number of benzene rings is 2. The number of anilines is 2. The van der Waals surface area contributed by atoms with E-state index >= 15 is 0 Å². The number of nitrogens with zero attached hydrogens (tertiary/aromatic N) is 1. The smallest absolute Gasteiger partial charge is 0.224 e. The van der Waals surface area contributed by atoms with E-state index in [-0.39, 0.29) is 5.91 Å². The fourth-order valence-electron chi connectivity index (χ4n) is 3.07. The van der Waals surface area contributed by atoms with Gasteiger partial charge in [0.25, 0.3) is 0 Å². The lowest BCUT2D eigenvalue weighted by Crippen LogP contribution is -2.29. The topological polar surface area (TPSA) is 41.6 Å². The molecular weight excluding hydrogens is 312 g/mol. The molecule has 4 heteroatoms. The lowest BCUT2D eigenvalue weighted by Gasteiger charge is -2.28. The molecule has 1 N–H and O–H groups in total. The van der Waals surface area contributed by atoms with Crippen LogP contribution < -0.4 is 15.0 Å². The molecule has 0 bridgehead atoms. The van der Waals surface area contributed by atoms with E-state index in [9.17, 15) is 4.79 Å². The van der Waals surface area contributed by atoms with Crippen molar-refractivity contribution in [2.45, 2.75) is 32.1 Å². The third-order valence-corrected chi connectivity index (χ3v) is 4.43. The second-order valence-electron chi connectivity index (χ2n) is 6.41. The molecule has 1 saturated heterocycles. The lowest BCUT2D eigenvalue weighted by atomic mass is 10.1. The van der Waals surface area contributed by atoms with E-state index in [0.29, 0.717) is 19.4 Å². The van der Waals surface area contributed by atoms with Crippen LogP contribution >= 0.6 is 0 Å². The zero-order valence-electron chi connectivity index (χ0n) is 14.6. The van der Waals surface area contributed by atoms with Crippen LogP contribution in [0, 0.1) is 0 Å². The van der Waals surface area contributed by atoms with E-state index in [1.165, 1.54) is 24.9 Å². The molecule has 4 nitrogen and oxygen atoms in total. The van der Waals surface area contributed by atoms with Gasteiger partial charge >= 0.3 is 0 Å². The van der Waals surface area contributed by atoms with Gasteiger partial charge in [-0.25, -0.2) is 0 Å². The number of hydrogen-bond donors (Lipinski definition) is 1. The van der Waals surface area contributed by atoms with Gasteiger partial charge in [-0.2, -0.15) is 0 Å². The summed E-state index contributed by atoms with van der Waals surface area (Å²) in [5, 5.41) is 2.96. The molecule has 0 unspecified atom stereocenters. The largest absolute Gasteiger partial charge is 0.494 e. The highest BCUT2D eigenvalue weighted by molar-refractivity contribution is 5.90. The minimum Gasteiger partial charge on any atom is -0.494 e. The maximum Gasteiger partial charge on any atom is 0.224 e. The summed E-state index contributed by atoms with van der Waals surface area (Å²) in [5.74, 6) is 0.874. The lowest BCUT2D eigenvalue weighted by molar-refractivity contribution is -0.116. The van der Waals surface area contributed by atoms with Gasteiger partial charge in [-0.05, 0) is 62.1 Å². The molecule has 0 saturated carbocycles. The molecule has 2 aromatic rings. The number of hydrogen-bond acceptors (Lipinski definition) is 3. The standard InChI is InChI=1S/C21H26N2O2/c24-21(10-7-17-25-20-8-3-1-4-9-20)22-18-11-13-19(14-12-18)23-15-5-2-6-16-23/h1,3-4,8-9,11-14H,2,5-7,10,15-17H2,(H,22,24). The summed E-state index contributed by atoms with van der Waals surface area (Å²) < 4.78 is 5.60. The maximum atomic E-state index is 12.0. The quantitative estimate of drug-likeness (QED) is 0.757. The first kappa shape index (κ1) is 17.3. The molecule has 0 aromatic heterocycles. The Balaban J connectivity index is 1.38. The second kappa shape index (κ2) is 9.11. The van der Waals surface area contributed by atoms with E-state index in [0.717, 1.165) is 24.5 Å². The van der Waals surface area contributed by atoms with Crippen molar-refractivity contribution in [3.63, 3.8) is 0 Å². The van der Waals surface area contributed by atoms with Crippen molar-refractivity contribution in [2.75, 3.05) is 29.9 Å². The second-order valence-corrected chi connectivity index (χ2v) is 6.41. The average Bonchev–Trinajstić information content (AvgIpc) is 2.67. The molecule has 1 aliphatic heterocycles. The van der Waals surface area contributed by atoms with E-state index in [2.05, 4.69) is 22.3 Å². The summed E-state index contributed by atoms with van der Waals surface area (Å²) >= 11 is 0. The van der Waals surface area contributed by atoms with Crippen molar-refractivity contribution in [3.05, 3.63) is 54.6 Å². The molecular formula is C21H26N2O2. The van der Waals surface area contributed by atoms with Crippen molar-refractivity contribution in [1.82, 2.24) is 0 Å². The summed E-state index contributed by atoms with van der Waals surface area (Å²) in [5.41, 5.74) is 2.10. The Morgan fingerprint density at radius 3 is 2.40 bits per heavy atom. The maximum absolute atomic E-state index is 12.0. The van der Waals surface area contributed by atoms with Crippen LogP contribution in [-0.4, -0.2) is 25.6 Å². The third-order valence-electron chi connectivity index (χ3n) is 4.43. The number of nitrogens with one attached hydrogen (secondary N) is 1. The third kappa shape index (κ3) is 5.52. The minimum atomic E-state index is 0.0300. The van der Waals surface area contributed by atoms with Gasteiger partial charge in [-0.3, -0.25) is 4.79 Å². The SMILES string of the molecule is O=C(CCCOc1ccccc1)Nc1ccc(N2CCCCC2)cc1. The van der Waals surface area contributed by atoms with E-state index in [1.807, 2.05) is 42.5 Å². The number of carbonyl (C=O) groups excluding carboxylic acids is 1. The van der Waals surface area contributed by atoms with Gasteiger partial charge in [0.1, 0.15) is 5.75 Å². The van der Waals surface area contributed by atoms with Gasteiger partial charge in [0.05, 0.1) is 6.61 Å². The molecule has 2 aromatic carbocycles. The van der Waals surface area contributed by atoms with Crippen LogP contribution in [0.3, 0.4) is 0 Å². The van der Waals surface area contributed by atoms with Crippen LogP contribution in [-0.2, 0) is 4.79 Å². The van der Waals surface area contributed by atoms with Gasteiger partial charge in [-0.15, -0.1) is 0 Å². The normalized spacial score (nSPS) is 14.2. The van der Waals surface area contributed by atoms with Crippen LogP contribution in [0.4, 0.5) is 11.4 Å². The molecule has 1 heterocycles. The van der Waals surface area contributed by atoms with Gasteiger partial charge in [0.15, 0.2) is 0 Å². The predicted octanol–water partition coefficient (Wildman–Crippen LogP) is 4.47. The summed E-state index contributed by atoms with van der Waals surface area (Å²) in [6, 6.07) is 17.8. The van der Waals surface area contributed by atoms with E-state index < -0.39 is 0 Å². The highest BCUT2D eigenvalue weighted by Gasteiger charge is 2.10. The molecule has 3 rings (SSSR count). The summed E-state index contributed by atoms with van der Waals surface area (Å²) in [4.78, 5) is 14.4. The first-order valence-electron chi connectivity index (χ1n) is 9.14. The highest BCUT2D eigenvalue weighted by atomic mass is 16.5. The average molecular weight is 338 g/mol. The van der Waals surface area contributed by atoms with Gasteiger partial charge < -0.3 is 15.0 Å². The zero-order valence-corrected chi connectivity index (χ0v) is 14.6. The van der Waals surface area contributed by atoms with Gasteiger partial charge in [0.2, 0.25) is 5.91 Å². The van der Waals surface area contributed by atoms with E-state index in [4.69, 9.17) is 4.74 Å². The van der Waals surface area contributed by atoms with Crippen molar-refractivity contribution in [1.29, 1.82) is 0 Å². The highest BCUT2D eigenvalue weighted by Crippen LogP contribution is 2.21. The van der Waals surface area contributed by atoms with Crippen LogP contribution in [0.1, 0.15) is 32.1 Å². The molecule has 0 spiro atoms. The van der Waals surface area contributed by atoms with Gasteiger partial charge in [0, 0.05) is 30.9 Å². The molecule has 132 valence electrons. The number of para-hydroxylation sites is 1. The Bertz CT molecular complexity index is 649. The fraction of sp³-hybridized carbons (Fsp3) is 0.381. The number of ether oxygens (including phenoxy) is 1. The van der Waals surface area contributed by atoms with Gasteiger partial charge in [-0.1, -0.05) is 18.2 Å². The number of piperidine rings is 1. The Kier molecular flexibility index (Phi) is 6.32. The minimum absolute atomic E-state index is 0.0300. The molecule has 25 heavy (non-hydrogen) atoms. The van der Waals surface area contributed by atoms with Crippen LogP contribution in [0.2, 0.25) is 0 Å².